The minimum absolute atomic E-state index is 0. The molecule has 1 aliphatic carbocycles. The number of aromatic amines is 1. The largest absolute Gasteiger partial charge is 1.00 e. The Kier molecular flexibility index (Phi) is 6.89. The van der Waals surface area contributed by atoms with Crippen LogP contribution in [0.5, 0.6) is 0 Å². The number of rotatable bonds is 2. The number of allylic oxidation sites excluding steroid dienone is 4. The van der Waals surface area contributed by atoms with Crippen LogP contribution in [-0.4, -0.2) is 18.6 Å². The van der Waals surface area contributed by atoms with Crippen molar-refractivity contribution < 1.29 is 44.0 Å². The molecule has 1 aliphatic rings. The third-order valence-corrected chi connectivity index (χ3v) is 7.76. The van der Waals surface area contributed by atoms with Gasteiger partial charge in [0, 0.05) is 0 Å². The third-order valence-electron chi connectivity index (χ3n) is 3.58. The van der Waals surface area contributed by atoms with E-state index in [0.717, 1.165) is 0 Å². The molecule has 0 fully saturated rings. The second kappa shape index (κ2) is 7.75. The van der Waals surface area contributed by atoms with E-state index in [4.69, 9.17) is 0 Å². The van der Waals surface area contributed by atoms with Crippen molar-refractivity contribution in [3.05, 3.63) is 51.9 Å². The molecular weight excluding hydrogens is 353 g/mol. The summed E-state index contributed by atoms with van der Waals surface area (Å²) in [5, 5.41) is 3.01. The summed E-state index contributed by atoms with van der Waals surface area (Å²) in [6, 6.07) is 8.63. The van der Waals surface area contributed by atoms with E-state index >= 15 is 0 Å². The first-order chi connectivity index (χ1) is 9.16. The van der Waals surface area contributed by atoms with E-state index < -0.39 is 0 Å². The number of halogens is 2. The topological polar surface area (TPSA) is 15.8 Å². The van der Waals surface area contributed by atoms with Crippen molar-refractivity contribution in [2.24, 2.45) is 0 Å². The predicted octanol–water partition coefficient (Wildman–Crippen LogP) is -2.85. The number of nitrogens with one attached hydrogen (secondary N) is 1. The van der Waals surface area contributed by atoms with Gasteiger partial charge in [-0.25, -0.2) is 0 Å². The zero-order valence-corrected chi connectivity index (χ0v) is 16.4. The minimum atomic E-state index is -0.343. The molecule has 0 saturated carbocycles. The van der Waals surface area contributed by atoms with Gasteiger partial charge in [0.2, 0.25) is 0 Å². The summed E-state index contributed by atoms with van der Waals surface area (Å²) in [4.78, 5) is 3.64. The van der Waals surface area contributed by atoms with Gasteiger partial charge in [-0.3, -0.25) is 0 Å². The monoisotopic (exact) mass is 369 g/mol. The van der Waals surface area contributed by atoms with Gasteiger partial charge in [0.15, 0.2) is 0 Å². The Morgan fingerprint density at radius 2 is 1.81 bits per heavy atom. The summed E-state index contributed by atoms with van der Waals surface area (Å²) < 4.78 is 3.10. The Morgan fingerprint density at radius 3 is 2.48 bits per heavy atom. The molecular formula is C16H17Cl2NSiTi. The fraction of sp³-hybridized carbons (Fsp3) is 0.188. The van der Waals surface area contributed by atoms with Crippen LogP contribution in [0.25, 0.3) is 10.9 Å². The molecule has 0 spiro atoms. The van der Waals surface area contributed by atoms with Gasteiger partial charge >= 0.3 is 125 Å². The van der Waals surface area contributed by atoms with Gasteiger partial charge < -0.3 is 24.8 Å². The number of aromatic nitrogens is 1. The van der Waals surface area contributed by atoms with E-state index in [0.29, 0.717) is 0 Å². The normalized spacial score (nSPS) is 12.5. The quantitative estimate of drug-likeness (QED) is 0.549. The molecule has 0 saturated heterocycles. The van der Waals surface area contributed by atoms with E-state index in [1.165, 1.54) is 20.5 Å². The average Bonchev–Trinajstić information content (AvgIpc) is 2.97. The standard InChI is InChI=1S/C9H8N.C7H9Si.2ClH.Ti/c1-7-6-10-9-5-3-2-4-8(7)9;1-8(2)7-5-3-4-6-7;;;/h2-5,10H,1H3;3-5H,1-2H3;2*1H;/q;;;;+2/p-2. The second-order valence-electron chi connectivity index (χ2n) is 5.15. The van der Waals surface area contributed by atoms with Crippen molar-refractivity contribution in [2.45, 2.75) is 20.0 Å². The van der Waals surface area contributed by atoms with Crippen LogP contribution < -0.4 is 28.8 Å². The molecule has 0 atom stereocenters. The smallest absolute Gasteiger partial charge is 1.00 e. The molecule has 0 unspecified atom stereocenters. The van der Waals surface area contributed by atoms with Crippen LogP contribution in [0.15, 0.2) is 46.4 Å². The number of aryl methyl sites for hydroxylation is 1. The van der Waals surface area contributed by atoms with Crippen LogP contribution in [0.3, 0.4) is 0 Å². The predicted molar refractivity (Wildman–Crippen MR) is 82.4 cm³/mol. The minimum Gasteiger partial charge on any atom is -1.00 e. The molecule has 0 radical (unpaired) electrons. The van der Waals surface area contributed by atoms with Crippen molar-refractivity contribution in [3.63, 3.8) is 0 Å². The molecule has 1 nitrogen and oxygen atoms in total. The van der Waals surface area contributed by atoms with Gasteiger partial charge in [0.05, 0.1) is 0 Å². The molecule has 0 amide bonds. The molecule has 1 N–H and O–H groups in total. The fourth-order valence-corrected chi connectivity index (χ4v) is 6.84. The fourth-order valence-electron chi connectivity index (χ4n) is 2.51. The van der Waals surface area contributed by atoms with Gasteiger partial charge in [-0.05, 0) is 0 Å². The Bertz CT molecular complexity index is 740. The molecule has 0 bridgehead atoms. The first kappa shape index (κ1) is 18.7. The maximum atomic E-state index is 3.64. The molecule has 1 aromatic heterocycles. The molecule has 108 valence electrons. The van der Waals surface area contributed by atoms with Crippen LogP contribution in [0, 0.1) is 6.92 Å². The number of hydrogen-bond acceptors (Lipinski definition) is 0. The molecule has 1 heterocycles. The molecule has 5 heteroatoms. The third kappa shape index (κ3) is 3.69. The zero-order chi connectivity index (χ0) is 13.4. The first-order valence-corrected chi connectivity index (χ1v) is 10.6. The van der Waals surface area contributed by atoms with Gasteiger partial charge in [-0.2, -0.15) is 0 Å². The Morgan fingerprint density at radius 1 is 1.10 bits per heavy atom. The van der Waals surface area contributed by atoms with E-state index in [1.807, 2.05) is 0 Å². The van der Waals surface area contributed by atoms with Crippen LogP contribution in [0.4, 0.5) is 0 Å². The van der Waals surface area contributed by atoms with Crippen molar-refractivity contribution in [1.29, 1.82) is 0 Å². The average molecular weight is 370 g/mol. The number of H-pyrrole nitrogens is 1. The first-order valence-electron chi connectivity index (χ1n) is 6.57. The number of fused-ring (bicyclic) bond motifs is 1. The van der Waals surface area contributed by atoms with Crippen LogP contribution >= 0.6 is 0 Å². The Balaban J connectivity index is 0.00000110. The van der Waals surface area contributed by atoms with E-state index in [1.54, 1.807) is 9.05 Å². The number of hydrogen-bond donors (Lipinski definition) is 1. The molecule has 21 heavy (non-hydrogen) atoms. The van der Waals surface area contributed by atoms with E-state index in [2.05, 4.69) is 67.5 Å². The Hall–Kier alpha value is -0.379. The molecule has 2 aromatic rings. The Labute approximate surface area is 148 Å². The van der Waals surface area contributed by atoms with Crippen LogP contribution in [-0.2, 0) is 19.2 Å². The van der Waals surface area contributed by atoms with Crippen molar-refractivity contribution in [3.8, 4) is 0 Å². The SMILES string of the molecule is Cc1[c]([Ti+2][C]2=CC=CC2=[Si](C)C)[nH]c2ccccc12.[Cl-].[Cl-]. The summed E-state index contributed by atoms with van der Waals surface area (Å²) in [5.74, 6) is 0. The maximum Gasteiger partial charge on any atom is -1.00 e. The van der Waals surface area contributed by atoms with Crippen molar-refractivity contribution >= 4 is 28.5 Å². The van der Waals surface area contributed by atoms with Gasteiger partial charge in [-0.1, -0.05) is 0 Å². The zero-order valence-electron chi connectivity index (χ0n) is 12.3. The van der Waals surface area contributed by atoms with E-state index in [9.17, 15) is 0 Å². The maximum absolute atomic E-state index is 3.64. The van der Waals surface area contributed by atoms with Gasteiger partial charge in [-0.15, -0.1) is 0 Å². The summed E-state index contributed by atoms with van der Waals surface area (Å²) in [6.07, 6.45) is 6.88. The summed E-state index contributed by atoms with van der Waals surface area (Å²) >= 11 is -0.241. The summed E-state index contributed by atoms with van der Waals surface area (Å²) in [6.45, 7) is 7.02. The van der Waals surface area contributed by atoms with Crippen LogP contribution in [0.2, 0.25) is 13.1 Å². The van der Waals surface area contributed by atoms with Crippen molar-refractivity contribution in [1.82, 2.24) is 4.98 Å². The summed E-state index contributed by atoms with van der Waals surface area (Å²) in [5.41, 5.74) is 2.73. The van der Waals surface area contributed by atoms with Gasteiger partial charge in [0.25, 0.3) is 0 Å². The molecule has 3 rings (SSSR count). The summed E-state index contributed by atoms with van der Waals surface area (Å²) in [7, 11) is -0.343. The van der Waals surface area contributed by atoms with Crippen LogP contribution in [0.1, 0.15) is 5.56 Å². The van der Waals surface area contributed by atoms with Crippen molar-refractivity contribution in [2.75, 3.05) is 0 Å². The molecule has 0 aliphatic heterocycles. The second-order valence-corrected chi connectivity index (χ2v) is 9.70. The van der Waals surface area contributed by atoms with E-state index in [-0.39, 0.29) is 52.4 Å². The number of para-hydroxylation sites is 1. The molecule has 1 aromatic carbocycles. The number of benzene rings is 1. The van der Waals surface area contributed by atoms with Gasteiger partial charge in [0.1, 0.15) is 0 Å².